The number of carbonyl (C=O) groups excluding carboxylic acids is 1. The predicted octanol–water partition coefficient (Wildman–Crippen LogP) is 3.11. The molecule has 3 rings (SSSR count). The molecule has 0 radical (unpaired) electrons. The summed E-state index contributed by atoms with van der Waals surface area (Å²) in [5.74, 6) is 0.00695. The quantitative estimate of drug-likeness (QED) is 0.758. The van der Waals surface area contributed by atoms with Crippen LogP contribution in [0.4, 0.5) is 0 Å². The molecule has 1 amide bonds. The molecule has 2 aromatic heterocycles. The van der Waals surface area contributed by atoms with Crippen LogP contribution in [0.25, 0.3) is 10.6 Å². The van der Waals surface area contributed by atoms with Gasteiger partial charge < -0.3 is 5.32 Å². The van der Waals surface area contributed by atoms with Crippen LogP contribution in [-0.4, -0.2) is 22.4 Å². The van der Waals surface area contributed by atoms with Crippen LogP contribution in [0.3, 0.4) is 0 Å². The van der Waals surface area contributed by atoms with Gasteiger partial charge in [-0.3, -0.25) is 9.78 Å². The Morgan fingerprint density at radius 2 is 1.87 bits per heavy atom. The van der Waals surface area contributed by atoms with Gasteiger partial charge in [-0.05, 0) is 24.1 Å². The molecule has 0 saturated carbocycles. The summed E-state index contributed by atoms with van der Waals surface area (Å²) in [4.78, 5) is 20.5. The van der Waals surface area contributed by atoms with Gasteiger partial charge in [0.1, 0.15) is 5.01 Å². The van der Waals surface area contributed by atoms with Crippen LogP contribution >= 0.6 is 11.3 Å². The number of amides is 1. The van der Waals surface area contributed by atoms with Crippen LogP contribution in [0.5, 0.6) is 0 Å². The average Bonchev–Trinajstić information content (AvgIpc) is 3.05. The maximum Gasteiger partial charge on any atom is 0.226 e. The molecule has 0 saturated heterocycles. The lowest BCUT2D eigenvalue weighted by Crippen LogP contribution is -2.27. The monoisotopic (exact) mass is 323 g/mol. The zero-order valence-electron chi connectivity index (χ0n) is 12.6. The second kappa shape index (κ2) is 7.65. The predicted molar refractivity (Wildman–Crippen MR) is 92.2 cm³/mol. The summed E-state index contributed by atoms with van der Waals surface area (Å²) in [5, 5.41) is 5.80. The third-order valence-corrected chi connectivity index (χ3v) is 4.34. The lowest BCUT2D eigenvalue weighted by atomic mass is 10.1. The molecule has 0 unspecified atom stereocenters. The molecular formula is C18H17N3OS. The van der Waals surface area contributed by atoms with Gasteiger partial charge in [0.15, 0.2) is 0 Å². The third kappa shape index (κ3) is 4.47. The van der Waals surface area contributed by atoms with Gasteiger partial charge >= 0.3 is 0 Å². The zero-order valence-corrected chi connectivity index (χ0v) is 13.4. The number of rotatable bonds is 6. The first kappa shape index (κ1) is 15.4. The number of pyridine rings is 1. The number of benzene rings is 1. The van der Waals surface area contributed by atoms with Gasteiger partial charge in [0.25, 0.3) is 0 Å². The van der Waals surface area contributed by atoms with Gasteiger partial charge in [-0.1, -0.05) is 30.3 Å². The standard InChI is InChI=1S/C18H17N3OS/c22-17(20-11-6-14-4-2-1-3-5-14)12-16-13-23-18(21-16)15-7-9-19-10-8-15/h1-5,7-10,13H,6,11-12H2,(H,20,22). The molecule has 3 aromatic rings. The second-order valence-corrected chi connectivity index (χ2v) is 6.00. The van der Waals surface area contributed by atoms with E-state index in [1.807, 2.05) is 35.7 Å². The van der Waals surface area contributed by atoms with E-state index < -0.39 is 0 Å². The van der Waals surface area contributed by atoms with E-state index in [0.717, 1.165) is 22.7 Å². The Hall–Kier alpha value is -2.53. The molecule has 5 heteroatoms. The molecule has 0 aliphatic heterocycles. The number of hydrogen-bond donors (Lipinski definition) is 1. The molecule has 23 heavy (non-hydrogen) atoms. The van der Waals surface area contributed by atoms with Gasteiger partial charge in [-0.15, -0.1) is 11.3 Å². The first-order chi connectivity index (χ1) is 11.3. The van der Waals surface area contributed by atoms with Crippen LogP contribution in [0.2, 0.25) is 0 Å². The normalized spacial score (nSPS) is 10.4. The summed E-state index contributed by atoms with van der Waals surface area (Å²) >= 11 is 1.55. The van der Waals surface area contributed by atoms with E-state index in [0.29, 0.717) is 13.0 Å². The summed E-state index contributed by atoms with van der Waals surface area (Å²) in [6.45, 7) is 0.643. The first-order valence-corrected chi connectivity index (χ1v) is 8.34. The number of thiazole rings is 1. The molecule has 0 aliphatic carbocycles. The minimum Gasteiger partial charge on any atom is -0.355 e. The second-order valence-electron chi connectivity index (χ2n) is 5.14. The largest absolute Gasteiger partial charge is 0.355 e. The lowest BCUT2D eigenvalue weighted by Gasteiger charge is -2.04. The van der Waals surface area contributed by atoms with Crippen molar-refractivity contribution in [3.05, 3.63) is 71.5 Å². The summed E-state index contributed by atoms with van der Waals surface area (Å²) < 4.78 is 0. The topological polar surface area (TPSA) is 54.9 Å². The number of nitrogens with one attached hydrogen (secondary N) is 1. The smallest absolute Gasteiger partial charge is 0.226 e. The van der Waals surface area contributed by atoms with E-state index in [-0.39, 0.29) is 5.91 Å². The van der Waals surface area contributed by atoms with Crippen LogP contribution in [0.1, 0.15) is 11.3 Å². The van der Waals surface area contributed by atoms with Gasteiger partial charge in [0, 0.05) is 29.9 Å². The Labute approximate surface area is 139 Å². The van der Waals surface area contributed by atoms with E-state index in [4.69, 9.17) is 0 Å². The molecule has 2 heterocycles. The molecule has 1 aromatic carbocycles. The Morgan fingerprint density at radius 1 is 1.09 bits per heavy atom. The SMILES string of the molecule is O=C(Cc1csc(-c2ccncc2)n1)NCCc1ccccc1. The Balaban J connectivity index is 1.49. The van der Waals surface area contributed by atoms with Gasteiger partial charge in [0.05, 0.1) is 12.1 Å². The van der Waals surface area contributed by atoms with Gasteiger partial charge in [-0.25, -0.2) is 4.98 Å². The molecule has 0 fully saturated rings. The van der Waals surface area contributed by atoms with E-state index in [1.54, 1.807) is 23.7 Å². The van der Waals surface area contributed by atoms with E-state index in [2.05, 4.69) is 27.4 Å². The molecular weight excluding hydrogens is 306 g/mol. The molecule has 0 bridgehead atoms. The Kier molecular flexibility index (Phi) is 5.11. The fourth-order valence-corrected chi connectivity index (χ4v) is 3.06. The average molecular weight is 323 g/mol. The maximum absolute atomic E-state index is 12.0. The highest BCUT2D eigenvalue weighted by Crippen LogP contribution is 2.22. The van der Waals surface area contributed by atoms with Gasteiger partial charge in [-0.2, -0.15) is 0 Å². The van der Waals surface area contributed by atoms with Crippen molar-refractivity contribution in [1.82, 2.24) is 15.3 Å². The molecule has 0 aliphatic rings. The molecule has 0 spiro atoms. The van der Waals surface area contributed by atoms with Crippen LogP contribution in [0.15, 0.2) is 60.2 Å². The molecule has 1 N–H and O–H groups in total. The van der Waals surface area contributed by atoms with Crippen molar-refractivity contribution in [2.45, 2.75) is 12.8 Å². The van der Waals surface area contributed by atoms with E-state index >= 15 is 0 Å². The fraction of sp³-hybridized carbons (Fsp3) is 0.167. The van der Waals surface area contributed by atoms with Crippen molar-refractivity contribution in [3.8, 4) is 10.6 Å². The van der Waals surface area contributed by atoms with Crippen molar-refractivity contribution in [3.63, 3.8) is 0 Å². The third-order valence-electron chi connectivity index (χ3n) is 3.40. The Morgan fingerprint density at radius 3 is 2.65 bits per heavy atom. The lowest BCUT2D eigenvalue weighted by molar-refractivity contribution is -0.120. The van der Waals surface area contributed by atoms with Crippen LogP contribution in [-0.2, 0) is 17.6 Å². The van der Waals surface area contributed by atoms with Crippen molar-refractivity contribution in [1.29, 1.82) is 0 Å². The van der Waals surface area contributed by atoms with Crippen LogP contribution < -0.4 is 5.32 Å². The van der Waals surface area contributed by atoms with E-state index in [1.165, 1.54) is 5.56 Å². The number of hydrogen-bond acceptors (Lipinski definition) is 4. The number of aromatic nitrogens is 2. The summed E-state index contributed by atoms with van der Waals surface area (Å²) in [7, 11) is 0. The molecule has 116 valence electrons. The number of nitrogens with zero attached hydrogens (tertiary/aromatic N) is 2. The van der Waals surface area contributed by atoms with Crippen molar-refractivity contribution < 1.29 is 4.79 Å². The summed E-state index contributed by atoms with van der Waals surface area (Å²) in [6, 6.07) is 14.0. The van der Waals surface area contributed by atoms with Crippen LogP contribution in [0, 0.1) is 0 Å². The Bertz CT molecular complexity index is 756. The zero-order chi connectivity index (χ0) is 15.9. The van der Waals surface area contributed by atoms with Gasteiger partial charge in [0.2, 0.25) is 5.91 Å². The summed E-state index contributed by atoms with van der Waals surface area (Å²) in [5.41, 5.74) is 3.06. The molecule has 0 atom stereocenters. The highest BCUT2D eigenvalue weighted by Gasteiger charge is 2.08. The van der Waals surface area contributed by atoms with Crippen molar-refractivity contribution in [2.24, 2.45) is 0 Å². The first-order valence-electron chi connectivity index (χ1n) is 7.47. The maximum atomic E-state index is 12.0. The van der Waals surface area contributed by atoms with Crippen molar-refractivity contribution >= 4 is 17.2 Å². The van der Waals surface area contributed by atoms with Crippen molar-refractivity contribution in [2.75, 3.05) is 6.54 Å². The highest BCUT2D eigenvalue weighted by atomic mass is 32.1. The fourth-order valence-electron chi connectivity index (χ4n) is 2.23. The minimum atomic E-state index is 0.00695. The minimum absolute atomic E-state index is 0.00695. The number of carbonyl (C=O) groups is 1. The van der Waals surface area contributed by atoms with E-state index in [9.17, 15) is 4.79 Å². The summed E-state index contributed by atoms with van der Waals surface area (Å²) in [6.07, 6.45) is 4.64. The highest BCUT2D eigenvalue weighted by molar-refractivity contribution is 7.13. The molecule has 4 nitrogen and oxygen atoms in total.